The minimum absolute atomic E-state index is 0.563. The third-order valence-electron chi connectivity index (χ3n) is 2.18. The molecule has 0 amide bonds. The van der Waals surface area contributed by atoms with Gasteiger partial charge in [-0.05, 0) is 25.5 Å². The van der Waals surface area contributed by atoms with Gasteiger partial charge in [0.15, 0.2) is 0 Å². The number of nitriles is 1. The molecule has 4 heteroatoms. The van der Waals surface area contributed by atoms with Crippen molar-refractivity contribution in [2.75, 3.05) is 0 Å². The number of H-pyrrole nitrogens is 1. The van der Waals surface area contributed by atoms with Gasteiger partial charge in [0.1, 0.15) is 5.01 Å². The first kappa shape index (κ1) is 9.94. The summed E-state index contributed by atoms with van der Waals surface area (Å²) in [4.78, 5) is 8.83. The number of nitrogens with zero attached hydrogens (tertiary/aromatic N) is 2. The van der Waals surface area contributed by atoms with Crippen LogP contribution in [0.4, 0.5) is 0 Å². The van der Waals surface area contributed by atoms with Crippen molar-refractivity contribution in [1.29, 1.82) is 5.26 Å². The highest BCUT2D eigenvalue weighted by Gasteiger charge is 2.09. The molecule has 2 aromatic heterocycles. The van der Waals surface area contributed by atoms with Crippen molar-refractivity contribution in [1.82, 2.24) is 9.97 Å². The van der Waals surface area contributed by atoms with Gasteiger partial charge in [0.05, 0.1) is 17.5 Å². The summed E-state index contributed by atoms with van der Waals surface area (Å²) >= 11 is 1.66. The lowest BCUT2D eigenvalue weighted by molar-refractivity contribution is 1.01. The monoisotopic (exact) mass is 217 g/mol. The second-order valence-corrected chi connectivity index (χ2v) is 4.35. The van der Waals surface area contributed by atoms with Gasteiger partial charge in [0, 0.05) is 17.5 Å². The molecule has 0 saturated heterocycles. The first-order valence-corrected chi connectivity index (χ1v) is 5.60. The van der Waals surface area contributed by atoms with Gasteiger partial charge in [-0.2, -0.15) is 5.26 Å². The van der Waals surface area contributed by atoms with Gasteiger partial charge in [-0.3, -0.25) is 0 Å². The van der Waals surface area contributed by atoms with Crippen LogP contribution in [-0.4, -0.2) is 9.97 Å². The zero-order valence-corrected chi connectivity index (χ0v) is 9.27. The number of thiazole rings is 1. The third-order valence-corrected chi connectivity index (χ3v) is 3.44. The van der Waals surface area contributed by atoms with Crippen LogP contribution in [0, 0.1) is 18.3 Å². The molecule has 2 heterocycles. The molecule has 0 spiro atoms. The molecule has 2 aromatic rings. The Labute approximate surface area is 92.4 Å². The van der Waals surface area contributed by atoms with Gasteiger partial charge in [0.25, 0.3) is 0 Å². The van der Waals surface area contributed by atoms with Gasteiger partial charge in [-0.15, -0.1) is 11.3 Å². The van der Waals surface area contributed by atoms with E-state index in [4.69, 9.17) is 5.26 Å². The number of nitrogens with one attached hydrogen (secondary N) is 1. The van der Waals surface area contributed by atoms with Crippen LogP contribution in [0.2, 0.25) is 0 Å². The van der Waals surface area contributed by atoms with Crippen molar-refractivity contribution in [2.45, 2.75) is 19.8 Å². The fourth-order valence-electron chi connectivity index (χ4n) is 1.41. The van der Waals surface area contributed by atoms with Crippen LogP contribution in [0.5, 0.6) is 0 Å². The Bertz CT molecular complexity index is 476. The van der Waals surface area contributed by atoms with Crippen molar-refractivity contribution >= 4 is 11.3 Å². The van der Waals surface area contributed by atoms with E-state index in [0.717, 1.165) is 22.8 Å². The second kappa shape index (κ2) is 4.28. The molecule has 0 saturated carbocycles. The highest BCUT2D eigenvalue weighted by atomic mass is 32.1. The molecule has 0 aliphatic rings. The maximum absolute atomic E-state index is 8.54. The minimum atomic E-state index is 0.563. The SMILES string of the molecule is Cc1nc(-c2ccc[nH]2)sc1CCC#N. The van der Waals surface area contributed by atoms with Crippen LogP contribution >= 0.6 is 11.3 Å². The quantitative estimate of drug-likeness (QED) is 0.859. The van der Waals surface area contributed by atoms with Crippen LogP contribution < -0.4 is 0 Å². The zero-order valence-electron chi connectivity index (χ0n) is 8.45. The van der Waals surface area contributed by atoms with E-state index in [0.29, 0.717) is 6.42 Å². The molecule has 0 bridgehead atoms. The number of rotatable bonds is 3. The Balaban J connectivity index is 2.26. The molecule has 0 aliphatic heterocycles. The van der Waals surface area contributed by atoms with Crippen LogP contribution in [0.1, 0.15) is 17.0 Å². The van der Waals surface area contributed by atoms with Gasteiger partial charge < -0.3 is 4.98 Å². The number of hydrogen-bond acceptors (Lipinski definition) is 3. The molecular formula is C11H11N3S. The lowest BCUT2D eigenvalue weighted by Crippen LogP contribution is -1.82. The summed E-state index contributed by atoms with van der Waals surface area (Å²) in [5.41, 5.74) is 2.09. The normalized spacial score (nSPS) is 10.1. The topological polar surface area (TPSA) is 52.5 Å². The van der Waals surface area contributed by atoms with E-state index >= 15 is 0 Å². The Morgan fingerprint density at radius 1 is 1.60 bits per heavy atom. The van der Waals surface area contributed by atoms with E-state index in [2.05, 4.69) is 16.0 Å². The predicted molar refractivity (Wildman–Crippen MR) is 60.6 cm³/mol. The van der Waals surface area contributed by atoms with Crippen LogP contribution in [0.25, 0.3) is 10.7 Å². The summed E-state index contributed by atoms with van der Waals surface area (Å²) in [5, 5.41) is 9.54. The Hall–Kier alpha value is -1.60. The van der Waals surface area contributed by atoms with Crippen LogP contribution in [0.3, 0.4) is 0 Å². The molecule has 0 aliphatic carbocycles. The van der Waals surface area contributed by atoms with Crippen molar-refractivity contribution in [2.24, 2.45) is 0 Å². The Morgan fingerprint density at radius 3 is 3.13 bits per heavy atom. The maximum Gasteiger partial charge on any atom is 0.140 e. The summed E-state index contributed by atoms with van der Waals surface area (Å²) in [5.74, 6) is 0. The standard InChI is InChI=1S/C11H11N3S/c1-8-10(5-2-6-12)15-11(14-8)9-4-3-7-13-9/h3-4,7,13H,2,5H2,1H3. The number of hydrogen-bond donors (Lipinski definition) is 1. The molecule has 15 heavy (non-hydrogen) atoms. The predicted octanol–water partition coefficient (Wildman–Crippen LogP) is 2.90. The molecule has 3 nitrogen and oxygen atoms in total. The fourth-order valence-corrected chi connectivity index (χ4v) is 2.46. The van der Waals surface area contributed by atoms with E-state index in [-0.39, 0.29) is 0 Å². The lowest BCUT2D eigenvalue weighted by Gasteiger charge is -1.89. The summed E-state index contributed by atoms with van der Waals surface area (Å²) in [6, 6.07) is 6.12. The number of aryl methyl sites for hydroxylation is 2. The summed E-state index contributed by atoms with van der Waals surface area (Å²) in [6.07, 6.45) is 3.26. The van der Waals surface area contributed by atoms with Gasteiger partial charge in [-0.1, -0.05) is 0 Å². The van der Waals surface area contributed by atoms with E-state index in [1.807, 2.05) is 25.3 Å². The zero-order chi connectivity index (χ0) is 10.7. The average Bonchev–Trinajstić information content (AvgIpc) is 2.83. The number of aromatic amines is 1. The molecule has 76 valence electrons. The van der Waals surface area contributed by atoms with E-state index in [9.17, 15) is 0 Å². The molecular weight excluding hydrogens is 206 g/mol. The molecule has 0 radical (unpaired) electrons. The Morgan fingerprint density at radius 2 is 2.47 bits per heavy atom. The van der Waals surface area contributed by atoms with Crippen LogP contribution in [0.15, 0.2) is 18.3 Å². The van der Waals surface area contributed by atoms with E-state index in [1.54, 1.807) is 11.3 Å². The van der Waals surface area contributed by atoms with E-state index in [1.165, 1.54) is 4.88 Å². The lowest BCUT2D eigenvalue weighted by atomic mass is 10.2. The largest absolute Gasteiger partial charge is 0.359 e. The van der Waals surface area contributed by atoms with Crippen LogP contribution in [-0.2, 0) is 6.42 Å². The van der Waals surface area contributed by atoms with Gasteiger partial charge >= 0.3 is 0 Å². The third kappa shape index (κ3) is 2.08. The summed E-state index contributed by atoms with van der Waals surface area (Å²) in [6.45, 7) is 2.00. The Kier molecular flexibility index (Phi) is 2.84. The first-order chi connectivity index (χ1) is 7.31. The van der Waals surface area contributed by atoms with Gasteiger partial charge in [0.2, 0.25) is 0 Å². The fraction of sp³-hybridized carbons (Fsp3) is 0.273. The molecule has 1 N–H and O–H groups in total. The van der Waals surface area contributed by atoms with Gasteiger partial charge in [-0.25, -0.2) is 4.98 Å². The van der Waals surface area contributed by atoms with Crippen molar-refractivity contribution in [3.63, 3.8) is 0 Å². The number of aromatic nitrogens is 2. The highest BCUT2D eigenvalue weighted by Crippen LogP contribution is 2.27. The van der Waals surface area contributed by atoms with Crippen molar-refractivity contribution in [3.05, 3.63) is 28.9 Å². The van der Waals surface area contributed by atoms with E-state index < -0.39 is 0 Å². The summed E-state index contributed by atoms with van der Waals surface area (Å²) < 4.78 is 0. The molecule has 2 rings (SSSR count). The first-order valence-electron chi connectivity index (χ1n) is 4.78. The second-order valence-electron chi connectivity index (χ2n) is 3.27. The highest BCUT2D eigenvalue weighted by molar-refractivity contribution is 7.15. The molecule has 0 atom stereocenters. The van der Waals surface area contributed by atoms with Crippen molar-refractivity contribution < 1.29 is 0 Å². The molecule has 0 aromatic carbocycles. The molecule has 0 unspecified atom stereocenters. The summed E-state index contributed by atoms with van der Waals surface area (Å²) in [7, 11) is 0. The maximum atomic E-state index is 8.54. The molecule has 0 fully saturated rings. The minimum Gasteiger partial charge on any atom is -0.359 e. The average molecular weight is 217 g/mol. The smallest absolute Gasteiger partial charge is 0.140 e. The van der Waals surface area contributed by atoms with Crippen molar-refractivity contribution in [3.8, 4) is 16.8 Å².